The number of furan rings is 1. The second-order valence-electron chi connectivity index (χ2n) is 6.75. The topological polar surface area (TPSA) is 53.7 Å². The largest absolute Gasteiger partial charge is 0.478 e. The average molecular weight is 335 g/mol. The molecule has 4 heteroatoms. The van der Waals surface area contributed by atoms with Crippen molar-refractivity contribution in [2.45, 2.75) is 25.3 Å². The van der Waals surface area contributed by atoms with E-state index in [1.54, 1.807) is 12.1 Å². The lowest BCUT2D eigenvalue weighted by atomic mass is 9.90. The summed E-state index contributed by atoms with van der Waals surface area (Å²) < 4.78 is 5.95. The number of hydrogen-bond donors (Lipinski definition) is 1. The van der Waals surface area contributed by atoms with Gasteiger partial charge in [0, 0.05) is 11.9 Å². The first-order valence-corrected chi connectivity index (χ1v) is 8.72. The zero-order valence-corrected chi connectivity index (χ0v) is 14.0. The fourth-order valence-electron chi connectivity index (χ4n) is 3.70. The van der Waals surface area contributed by atoms with Gasteiger partial charge in [0.1, 0.15) is 11.3 Å². The van der Waals surface area contributed by atoms with Gasteiger partial charge in [-0.05, 0) is 55.1 Å². The number of hydrogen-bond acceptors (Lipinski definition) is 3. The van der Waals surface area contributed by atoms with Gasteiger partial charge in [0.2, 0.25) is 0 Å². The molecule has 1 saturated heterocycles. The first-order chi connectivity index (χ1) is 12.2. The highest BCUT2D eigenvalue weighted by atomic mass is 16.4. The molecule has 1 fully saturated rings. The van der Waals surface area contributed by atoms with E-state index in [1.165, 1.54) is 5.56 Å². The van der Waals surface area contributed by atoms with E-state index >= 15 is 0 Å². The molecule has 1 unspecified atom stereocenters. The van der Waals surface area contributed by atoms with E-state index in [4.69, 9.17) is 9.52 Å². The first kappa shape index (κ1) is 15.9. The molecule has 0 radical (unpaired) electrons. The smallest absolute Gasteiger partial charge is 0.335 e. The van der Waals surface area contributed by atoms with Crippen LogP contribution in [0.4, 0.5) is 0 Å². The molecule has 0 saturated carbocycles. The van der Waals surface area contributed by atoms with Gasteiger partial charge in [-0.1, -0.05) is 30.3 Å². The van der Waals surface area contributed by atoms with Crippen LogP contribution in [-0.4, -0.2) is 29.1 Å². The highest BCUT2D eigenvalue weighted by Crippen LogP contribution is 2.29. The summed E-state index contributed by atoms with van der Waals surface area (Å²) in [7, 11) is 0. The van der Waals surface area contributed by atoms with Crippen LogP contribution >= 0.6 is 0 Å². The zero-order valence-electron chi connectivity index (χ0n) is 14.0. The van der Waals surface area contributed by atoms with Crippen LogP contribution in [0.25, 0.3) is 11.0 Å². The van der Waals surface area contributed by atoms with Gasteiger partial charge in [0.15, 0.2) is 0 Å². The number of likely N-dealkylation sites (tertiary alicyclic amines) is 1. The Morgan fingerprint density at radius 3 is 2.72 bits per heavy atom. The van der Waals surface area contributed by atoms with Crippen LogP contribution in [0, 0.1) is 0 Å². The van der Waals surface area contributed by atoms with E-state index in [0.29, 0.717) is 11.5 Å². The van der Waals surface area contributed by atoms with Crippen LogP contribution in [0.2, 0.25) is 0 Å². The second-order valence-corrected chi connectivity index (χ2v) is 6.75. The van der Waals surface area contributed by atoms with Gasteiger partial charge in [-0.25, -0.2) is 4.79 Å². The van der Waals surface area contributed by atoms with Crippen molar-refractivity contribution in [2.24, 2.45) is 0 Å². The van der Waals surface area contributed by atoms with Crippen LogP contribution in [-0.2, 0) is 6.54 Å². The zero-order chi connectivity index (χ0) is 17.2. The van der Waals surface area contributed by atoms with Gasteiger partial charge in [-0.2, -0.15) is 0 Å². The van der Waals surface area contributed by atoms with Gasteiger partial charge in [-0.3, -0.25) is 4.90 Å². The summed E-state index contributed by atoms with van der Waals surface area (Å²) in [6.07, 6.45) is 2.29. The monoisotopic (exact) mass is 335 g/mol. The molecule has 2 aromatic carbocycles. The van der Waals surface area contributed by atoms with Crippen molar-refractivity contribution >= 4 is 16.9 Å². The number of carboxylic acids is 1. The van der Waals surface area contributed by atoms with E-state index in [0.717, 1.165) is 49.2 Å². The predicted octanol–water partition coefficient (Wildman–Crippen LogP) is 4.51. The SMILES string of the molecule is O=C(O)c1ccc(C2CCCN(Cc3cc4ccccc4o3)C2)cc1. The molecule has 128 valence electrons. The number of carbonyl (C=O) groups is 1. The Hall–Kier alpha value is -2.59. The van der Waals surface area contributed by atoms with Crippen molar-refractivity contribution in [3.63, 3.8) is 0 Å². The minimum atomic E-state index is -0.873. The molecular weight excluding hydrogens is 314 g/mol. The first-order valence-electron chi connectivity index (χ1n) is 8.72. The lowest BCUT2D eigenvalue weighted by Crippen LogP contribution is -2.33. The third-order valence-corrected chi connectivity index (χ3v) is 4.99. The number of nitrogens with zero attached hydrogens (tertiary/aromatic N) is 1. The molecule has 3 aromatic rings. The van der Waals surface area contributed by atoms with Crippen molar-refractivity contribution < 1.29 is 14.3 Å². The number of aromatic carboxylic acids is 1. The molecule has 25 heavy (non-hydrogen) atoms. The fraction of sp³-hybridized carbons (Fsp3) is 0.286. The van der Waals surface area contributed by atoms with Crippen LogP contribution in [0.3, 0.4) is 0 Å². The molecule has 1 N–H and O–H groups in total. The Morgan fingerprint density at radius 2 is 1.96 bits per heavy atom. The normalized spacial score (nSPS) is 18.5. The molecule has 0 amide bonds. The summed E-state index contributed by atoms with van der Waals surface area (Å²) in [5.41, 5.74) is 2.51. The third kappa shape index (κ3) is 3.44. The summed E-state index contributed by atoms with van der Waals surface area (Å²) in [6, 6.07) is 17.5. The van der Waals surface area contributed by atoms with Crippen molar-refractivity contribution in [1.82, 2.24) is 4.90 Å². The highest BCUT2D eigenvalue weighted by Gasteiger charge is 2.22. The Kier molecular flexibility index (Phi) is 4.28. The van der Waals surface area contributed by atoms with Crippen molar-refractivity contribution in [1.29, 1.82) is 0 Å². The molecule has 1 atom stereocenters. The minimum absolute atomic E-state index is 0.346. The van der Waals surface area contributed by atoms with Gasteiger partial charge in [0.25, 0.3) is 0 Å². The van der Waals surface area contributed by atoms with Gasteiger partial charge >= 0.3 is 5.97 Å². The van der Waals surface area contributed by atoms with E-state index in [2.05, 4.69) is 17.0 Å². The molecule has 4 rings (SSSR count). The summed E-state index contributed by atoms with van der Waals surface area (Å²) in [5.74, 6) is 0.575. The molecule has 4 nitrogen and oxygen atoms in total. The number of benzene rings is 2. The van der Waals surface area contributed by atoms with Crippen LogP contribution < -0.4 is 0 Å². The lowest BCUT2D eigenvalue weighted by Gasteiger charge is -2.32. The average Bonchev–Trinajstić information content (AvgIpc) is 3.04. The molecule has 1 aliphatic heterocycles. The number of piperidine rings is 1. The molecule has 0 aliphatic carbocycles. The molecular formula is C21H21NO3. The quantitative estimate of drug-likeness (QED) is 0.762. The number of carboxylic acid groups (broad SMARTS) is 1. The Bertz CT molecular complexity index is 849. The maximum Gasteiger partial charge on any atom is 0.335 e. The van der Waals surface area contributed by atoms with Crippen LogP contribution in [0.1, 0.15) is 40.4 Å². The maximum atomic E-state index is 11.0. The minimum Gasteiger partial charge on any atom is -0.478 e. The molecule has 2 heterocycles. The van der Waals surface area contributed by atoms with E-state index in [1.807, 2.05) is 30.3 Å². The summed E-state index contributed by atoms with van der Waals surface area (Å²) in [4.78, 5) is 13.4. The highest BCUT2D eigenvalue weighted by molar-refractivity contribution is 5.87. The molecule has 1 aliphatic rings. The Balaban J connectivity index is 1.46. The van der Waals surface area contributed by atoms with E-state index < -0.39 is 5.97 Å². The fourth-order valence-corrected chi connectivity index (χ4v) is 3.70. The summed E-state index contributed by atoms with van der Waals surface area (Å²) in [5, 5.41) is 10.2. The molecule has 1 aromatic heterocycles. The van der Waals surface area contributed by atoms with Crippen LogP contribution in [0.15, 0.2) is 59.0 Å². The number of fused-ring (bicyclic) bond motifs is 1. The standard InChI is InChI=1S/C21H21NO3/c23-21(24)16-9-7-15(8-10-16)18-5-3-11-22(13-18)14-19-12-17-4-1-2-6-20(17)25-19/h1-2,4,6-10,12,18H,3,5,11,13-14H2,(H,23,24). The van der Waals surface area contributed by atoms with Crippen molar-refractivity contribution in [2.75, 3.05) is 13.1 Å². The van der Waals surface area contributed by atoms with Gasteiger partial charge in [0.05, 0.1) is 12.1 Å². The number of para-hydroxylation sites is 1. The third-order valence-electron chi connectivity index (χ3n) is 4.99. The number of rotatable bonds is 4. The second kappa shape index (κ2) is 6.73. The Morgan fingerprint density at radius 1 is 1.16 bits per heavy atom. The van der Waals surface area contributed by atoms with Crippen molar-refractivity contribution in [3.8, 4) is 0 Å². The van der Waals surface area contributed by atoms with Gasteiger partial charge in [-0.15, -0.1) is 0 Å². The predicted molar refractivity (Wildman–Crippen MR) is 96.9 cm³/mol. The maximum absolute atomic E-state index is 11.0. The van der Waals surface area contributed by atoms with Crippen LogP contribution in [0.5, 0.6) is 0 Å². The summed E-state index contributed by atoms with van der Waals surface area (Å²) >= 11 is 0. The van der Waals surface area contributed by atoms with Gasteiger partial charge < -0.3 is 9.52 Å². The van der Waals surface area contributed by atoms with Crippen molar-refractivity contribution in [3.05, 3.63) is 71.5 Å². The van der Waals surface area contributed by atoms with E-state index in [-0.39, 0.29) is 0 Å². The van der Waals surface area contributed by atoms with E-state index in [9.17, 15) is 4.79 Å². The molecule has 0 bridgehead atoms. The summed E-state index contributed by atoms with van der Waals surface area (Å²) in [6.45, 7) is 2.86. The lowest BCUT2D eigenvalue weighted by molar-refractivity contribution is 0.0697. The Labute approximate surface area is 146 Å². The molecule has 0 spiro atoms.